The highest BCUT2D eigenvalue weighted by atomic mass is 14.9. The van der Waals surface area contributed by atoms with Crippen molar-refractivity contribution in [2.75, 3.05) is 0 Å². The van der Waals surface area contributed by atoms with Crippen LogP contribution in [-0.2, 0) is 12.8 Å². The van der Waals surface area contributed by atoms with Crippen molar-refractivity contribution in [1.82, 2.24) is 9.97 Å². The molecule has 1 aliphatic rings. The summed E-state index contributed by atoms with van der Waals surface area (Å²) >= 11 is 0. The van der Waals surface area contributed by atoms with E-state index in [1.165, 1.54) is 30.5 Å². The van der Waals surface area contributed by atoms with Crippen molar-refractivity contribution in [2.45, 2.75) is 66.2 Å². The van der Waals surface area contributed by atoms with Crippen LogP contribution in [0.1, 0.15) is 70.5 Å². The number of aromatic nitrogens is 2. The fourth-order valence-electron chi connectivity index (χ4n) is 2.92. The summed E-state index contributed by atoms with van der Waals surface area (Å²) in [6, 6.07) is 0. The molecular weight excluding hydrogens is 220 g/mol. The summed E-state index contributed by atoms with van der Waals surface area (Å²) in [5.74, 6) is 2.25. The van der Waals surface area contributed by atoms with Crippen LogP contribution in [-0.4, -0.2) is 9.97 Å². The quantitative estimate of drug-likeness (QED) is 0.783. The molecule has 1 unspecified atom stereocenters. The first-order valence-electron chi connectivity index (χ1n) is 7.20. The second-order valence-corrected chi connectivity index (χ2v) is 7.23. The molecule has 1 heterocycles. The lowest BCUT2D eigenvalue weighted by molar-refractivity contribution is 0.272. The molecule has 0 aliphatic heterocycles. The van der Waals surface area contributed by atoms with Gasteiger partial charge in [0.1, 0.15) is 5.82 Å². The first kappa shape index (κ1) is 13.5. The van der Waals surface area contributed by atoms with Gasteiger partial charge in [-0.05, 0) is 42.6 Å². The van der Waals surface area contributed by atoms with E-state index in [2.05, 4.69) is 45.8 Å². The molecule has 1 atom stereocenters. The number of aryl methyl sites for hydroxylation is 1. The maximum absolute atomic E-state index is 4.73. The topological polar surface area (TPSA) is 25.8 Å². The van der Waals surface area contributed by atoms with Gasteiger partial charge in [-0.25, -0.2) is 9.97 Å². The van der Waals surface area contributed by atoms with Crippen molar-refractivity contribution in [2.24, 2.45) is 11.3 Å². The highest BCUT2D eigenvalue weighted by molar-refractivity contribution is 5.22. The van der Waals surface area contributed by atoms with Crippen LogP contribution in [0.4, 0.5) is 0 Å². The monoisotopic (exact) mass is 246 g/mol. The van der Waals surface area contributed by atoms with Crippen molar-refractivity contribution in [3.8, 4) is 0 Å². The Balaban J connectivity index is 2.11. The molecule has 100 valence electrons. The third kappa shape index (κ3) is 3.30. The van der Waals surface area contributed by atoms with E-state index in [9.17, 15) is 0 Å². The lowest BCUT2D eigenvalue weighted by Crippen LogP contribution is -2.21. The van der Waals surface area contributed by atoms with Crippen LogP contribution < -0.4 is 0 Å². The Morgan fingerprint density at radius 2 is 2.06 bits per heavy atom. The first-order chi connectivity index (χ1) is 8.35. The zero-order chi connectivity index (χ0) is 13.3. The number of nitrogens with zero attached hydrogens (tertiary/aromatic N) is 2. The van der Waals surface area contributed by atoms with Gasteiger partial charge in [0.05, 0.1) is 0 Å². The van der Waals surface area contributed by atoms with Crippen LogP contribution in [0.5, 0.6) is 0 Å². The molecule has 0 bridgehead atoms. The van der Waals surface area contributed by atoms with E-state index in [1.54, 1.807) is 0 Å². The zero-order valence-electron chi connectivity index (χ0n) is 12.5. The summed E-state index contributed by atoms with van der Waals surface area (Å²) in [6.45, 7) is 11.3. The SMILES string of the molecule is CC(C)c1ncc2c(n1)CCC(CC(C)(C)C)C2. The molecule has 0 N–H and O–H groups in total. The van der Waals surface area contributed by atoms with Crippen LogP contribution >= 0.6 is 0 Å². The molecule has 1 aliphatic carbocycles. The average molecular weight is 246 g/mol. The normalized spacial score (nSPS) is 20.0. The lowest BCUT2D eigenvalue weighted by Gasteiger charge is -2.29. The van der Waals surface area contributed by atoms with Crippen molar-refractivity contribution in [3.63, 3.8) is 0 Å². The maximum Gasteiger partial charge on any atom is 0.131 e. The summed E-state index contributed by atoms with van der Waals surface area (Å²) in [5, 5.41) is 0. The molecule has 2 nitrogen and oxygen atoms in total. The third-order valence-corrected chi connectivity index (χ3v) is 3.69. The van der Waals surface area contributed by atoms with Gasteiger partial charge in [-0.2, -0.15) is 0 Å². The second kappa shape index (κ2) is 4.99. The van der Waals surface area contributed by atoms with Gasteiger partial charge in [0.2, 0.25) is 0 Å². The minimum absolute atomic E-state index is 0.431. The van der Waals surface area contributed by atoms with Gasteiger partial charge in [0, 0.05) is 17.8 Å². The summed E-state index contributed by atoms with van der Waals surface area (Å²) in [5.41, 5.74) is 3.12. The van der Waals surface area contributed by atoms with Crippen molar-refractivity contribution in [3.05, 3.63) is 23.3 Å². The van der Waals surface area contributed by atoms with Gasteiger partial charge in [0.15, 0.2) is 0 Å². The van der Waals surface area contributed by atoms with Gasteiger partial charge in [-0.3, -0.25) is 0 Å². The molecule has 2 heteroatoms. The lowest BCUT2D eigenvalue weighted by atomic mass is 9.77. The molecule has 0 radical (unpaired) electrons. The number of hydrogen-bond donors (Lipinski definition) is 0. The second-order valence-electron chi connectivity index (χ2n) is 7.23. The Hall–Kier alpha value is -0.920. The van der Waals surface area contributed by atoms with Crippen molar-refractivity contribution < 1.29 is 0 Å². The largest absolute Gasteiger partial charge is 0.241 e. The minimum atomic E-state index is 0.431. The Kier molecular flexibility index (Phi) is 3.74. The van der Waals surface area contributed by atoms with Crippen molar-refractivity contribution in [1.29, 1.82) is 0 Å². The van der Waals surface area contributed by atoms with Crippen molar-refractivity contribution >= 4 is 0 Å². The Morgan fingerprint density at radius 1 is 1.33 bits per heavy atom. The van der Waals surface area contributed by atoms with E-state index in [0.717, 1.165) is 18.2 Å². The van der Waals surface area contributed by atoms with Crippen LogP contribution in [0, 0.1) is 11.3 Å². The summed E-state index contributed by atoms with van der Waals surface area (Å²) in [6.07, 6.45) is 6.98. The molecule has 0 saturated carbocycles. The van der Waals surface area contributed by atoms with E-state index in [0.29, 0.717) is 11.3 Å². The Labute approximate surface area is 111 Å². The van der Waals surface area contributed by atoms with Gasteiger partial charge in [-0.15, -0.1) is 0 Å². The molecule has 1 aromatic heterocycles. The third-order valence-electron chi connectivity index (χ3n) is 3.69. The smallest absolute Gasteiger partial charge is 0.131 e. The molecule has 0 fully saturated rings. The molecule has 0 saturated heterocycles. The van der Waals surface area contributed by atoms with Crippen LogP contribution in [0.2, 0.25) is 0 Å². The summed E-state index contributed by atoms with van der Waals surface area (Å²) in [7, 11) is 0. The van der Waals surface area contributed by atoms with E-state index >= 15 is 0 Å². The molecule has 0 amide bonds. The fraction of sp³-hybridized carbons (Fsp3) is 0.750. The van der Waals surface area contributed by atoms with E-state index < -0.39 is 0 Å². The number of rotatable bonds is 2. The Bertz CT molecular complexity index is 416. The van der Waals surface area contributed by atoms with Gasteiger partial charge in [0.25, 0.3) is 0 Å². The van der Waals surface area contributed by atoms with E-state index in [1.807, 2.05) is 0 Å². The molecular formula is C16H26N2. The summed E-state index contributed by atoms with van der Waals surface area (Å²) < 4.78 is 0. The fourth-order valence-corrected chi connectivity index (χ4v) is 2.92. The maximum atomic E-state index is 4.73. The molecule has 0 aromatic carbocycles. The molecule has 0 spiro atoms. The van der Waals surface area contributed by atoms with Gasteiger partial charge >= 0.3 is 0 Å². The Morgan fingerprint density at radius 3 is 2.67 bits per heavy atom. The molecule has 18 heavy (non-hydrogen) atoms. The van der Waals surface area contributed by atoms with Crippen LogP contribution in [0.3, 0.4) is 0 Å². The highest BCUT2D eigenvalue weighted by Crippen LogP contribution is 2.33. The highest BCUT2D eigenvalue weighted by Gasteiger charge is 2.24. The van der Waals surface area contributed by atoms with Gasteiger partial charge in [-0.1, -0.05) is 34.6 Å². The number of hydrogen-bond acceptors (Lipinski definition) is 2. The minimum Gasteiger partial charge on any atom is -0.241 e. The first-order valence-corrected chi connectivity index (χ1v) is 7.20. The average Bonchev–Trinajstić information content (AvgIpc) is 2.26. The van der Waals surface area contributed by atoms with Gasteiger partial charge < -0.3 is 0 Å². The number of fused-ring (bicyclic) bond motifs is 1. The molecule has 1 aromatic rings. The van der Waals surface area contributed by atoms with Crippen LogP contribution in [0.15, 0.2) is 6.20 Å². The van der Waals surface area contributed by atoms with E-state index in [-0.39, 0.29) is 0 Å². The van der Waals surface area contributed by atoms with Crippen LogP contribution in [0.25, 0.3) is 0 Å². The predicted octanol–water partition coefficient (Wildman–Crippen LogP) is 4.14. The van der Waals surface area contributed by atoms with E-state index in [4.69, 9.17) is 4.98 Å². The predicted molar refractivity (Wildman–Crippen MR) is 75.7 cm³/mol. The zero-order valence-corrected chi connectivity index (χ0v) is 12.5. The summed E-state index contributed by atoms with van der Waals surface area (Å²) in [4.78, 5) is 9.24. The standard InChI is InChI=1S/C16H26N2/c1-11(2)15-17-10-13-8-12(9-16(3,4)5)6-7-14(13)18-15/h10-12H,6-9H2,1-5H3. The molecule has 2 rings (SSSR count).